The van der Waals surface area contributed by atoms with Gasteiger partial charge in [0.15, 0.2) is 5.75 Å². The summed E-state index contributed by atoms with van der Waals surface area (Å²) in [5, 5.41) is 11.3. The van der Waals surface area contributed by atoms with Gasteiger partial charge < -0.3 is 9.46 Å². The summed E-state index contributed by atoms with van der Waals surface area (Å²) < 4.78 is 48.2. The van der Waals surface area contributed by atoms with E-state index >= 15 is 0 Å². The van der Waals surface area contributed by atoms with Gasteiger partial charge in [0.25, 0.3) is 5.69 Å². The van der Waals surface area contributed by atoms with Crippen LogP contribution in [0, 0.1) is 30.9 Å². The van der Waals surface area contributed by atoms with E-state index in [4.69, 9.17) is 27.9 Å². The number of rotatable bonds is 6. The van der Waals surface area contributed by atoms with Crippen molar-refractivity contribution in [1.29, 1.82) is 0 Å². The van der Waals surface area contributed by atoms with Gasteiger partial charge in [-0.1, -0.05) is 29.3 Å². The summed E-state index contributed by atoms with van der Waals surface area (Å²) in [7, 11) is 0. The first-order chi connectivity index (χ1) is 15.4. The van der Waals surface area contributed by atoms with Gasteiger partial charge in [0.2, 0.25) is 0 Å². The summed E-state index contributed by atoms with van der Waals surface area (Å²) >= 11 is 13.9. The lowest BCUT2D eigenvalue weighted by Crippen LogP contribution is -2.08. The van der Waals surface area contributed by atoms with Gasteiger partial charge in [0.1, 0.15) is 5.75 Å². The molecule has 0 saturated carbocycles. The molecule has 0 spiro atoms. The number of ether oxygens (including phenoxy) is 1. The molecule has 1 N–H and O–H groups in total. The van der Waals surface area contributed by atoms with E-state index in [1.807, 2.05) is 0 Å². The zero-order chi connectivity index (χ0) is 24.5. The molecule has 0 aliphatic carbocycles. The molecule has 0 bridgehead atoms. The third kappa shape index (κ3) is 5.48. The monoisotopic (exact) mass is 516 g/mol. The molecule has 0 aliphatic rings. The maximum Gasteiger partial charge on any atom is 0.416 e. The van der Waals surface area contributed by atoms with Crippen molar-refractivity contribution in [3.05, 3.63) is 84.9 Å². The minimum Gasteiger partial charge on any atom is -0.454 e. The van der Waals surface area contributed by atoms with Crippen LogP contribution < -0.4 is 9.46 Å². The number of nitro benzene ring substituents is 1. The summed E-state index contributed by atoms with van der Waals surface area (Å²) in [4.78, 5) is 11.0. The lowest BCUT2D eigenvalue weighted by atomic mass is 10.1. The number of alkyl halides is 3. The number of hydrogen-bond donors (Lipinski definition) is 1. The zero-order valence-corrected chi connectivity index (χ0v) is 19.8. The van der Waals surface area contributed by atoms with Crippen molar-refractivity contribution in [2.75, 3.05) is 4.72 Å². The topological polar surface area (TPSA) is 64.4 Å². The molecule has 0 heterocycles. The fraction of sp³-hybridized carbons (Fsp3) is 0.182. The number of nitrogens with zero attached hydrogens (tertiary/aromatic N) is 1. The Hall–Kier alpha value is -2.62. The molecule has 11 heteroatoms. The van der Waals surface area contributed by atoms with Crippen LogP contribution in [0.15, 0.2) is 47.4 Å². The van der Waals surface area contributed by atoms with Crippen molar-refractivity contribution in [2.45, 2.75) is 31.8 Å². The van der Waals surface area contributed by atoms with Crippen LogP contribution in [-0.2, 0) is 6.18 Å². The predicted molar refractivity (Wildman–Crippen MR) is 125 cm³/mol. The molecule has 0 aliphatic heterocycles. The summed E-state index contributed by atoms with van der Waals surface area (Å²) in [6, 6.07) is 9.62. The van der Waals surface area contributed by atoms with Crippen LogP contribution in [0.5, 0.6) is 11.5 Å². The Bertz CT molecular complexity index is 1240. The van der Waals surface area contributed by atoms with Crippen LogP contribution >= 0.6 is 35.1 Å². The molecule has 0 radical (unpaired) electrons. The molecule has 5 nitrogen and oxygen atoms in total. The highest BCUT2D eigenvalue weighted by Crippen LogP contribution is 2.44. The lowest BCUT2D eigenvalue weighted by molar-refractivity contribution is -0.384. The van der Waals surface area contributed by atoms with Gasteiger partial charge in [-0.15, -0.1) is 0 Å². The highest BCUT2D eigenvalue weighted by Gasteiger charge is 2.33. The van der Waals surface area contributed by atoms with Gasteiger partial charge in [-0.2, -0.15) is 13.2 Å². The summed E-state index contributed by atoms with van der Waals surface area (Å²) in [5.41, 5.74) is 0.704. The number of hydrogen-bond acceptors (Lipinski definition) is 5. The first kappa shape index (κ1) is 25.0. The molecule has 0 saturated heterocycles. The fourth-order valence-corrected chi connectivity index (χ4v) is 4.53. The largest absolute Gasteiger partial charge is 0.454 e. The number of anilines is 1. The fourth-order valence-electron chi connectivity index (χ4n) is 3.01. The number of aryl methyl sites for hydroxylation is 1. The van der Waals surface area contributed by atoms with Crippen LogP contribution in [0.25, 0.3) is 0 Å². The minimum atomic E-state index is -4.45. The van der Waals surface area contributed by atoms with Crippen LogP contribution in [0.4, 0.5) is 24.5 Å². The van der Waals surface area contributed by atoms with Crippen molar-refractivity contribution in [2.24, 2.45) is 0 Å². The molecule has 3 aromatic rings. The minimum absolute atomic E-state index is 0.0703. The molecule has 3 aromatic carbocycles. The highest BCUT2D eigenvalue weighted by atomic mass is 35.5. The van der Waals surface area contributed by atoms with Gasteiger partial charge >= 0.3 is 6.18 Å². The quantitative estimate of drug-likeness (QED) is 0.201. The van der Waals surface area contributed by atoms with Gasteiger partial charge in [-0.05, 0) is 73.7 Å². The molecule has 3 rings (SSSR count). The summed E-state index contributed by atoms with van der Waals surface area (Å²) in [5.74, 6) is 0.523. The lowest BCUT2D eigenvalue weighted by Gasteiger charge is -2.17. The van der Waals surface area contributed by atoms with E-state index in [-0.39, 0.29) is 27.0 Å². The zero-order valence-electron chi connectivity index (χ0n) is 17.5. The van der Waals surface area contributed by atoms with Crippen LogP contribution in [0.1, 0.15) is 22.3 Å². The standard InChI is InChI=1S/C22H17Cl2F3N2O3S/c1-11-9-14(29(30)31)7-8-18(11)32-21-16(23)10-19(13(3)20(21)24)33-28-17-6-4-5-15(12(17)2)22(25,26)27/h4-10,28H,1-3H3. The van der Waals surface area contributed by atoms with Crippen molar-refractivity contribution >= 4 is 46.5 Å². The maximum absolute atomic E-state index is 13.2. The van der Waals surface area contributed by atoms with E-state index in [0.717, 1.165) is 18.0 Å². The van der Waals surface area contributed by atoms with E-state index in [9.17, 15) is 23.3 Å². The number of nitro groups is 1. The number of non-ortho nitro benzene ring substituents is 1. The molecular formula is C22H17Cl2F3N2O3S. The first-order valence-corrected chi connectivity index (χ1v) is 11.0. The van der Waals surface area contributed by atoms with Crippen molar-refractivity contribution in [1.82, 2.24) is 0 Å². The normalized spacial score (nSPS) is 11.4. The van der Waals surface area contributed by atoms with Gasteiger partial charge in [-0.3, -0.25) is 10.1 Å². The Kier molecular flexibility index (Phi) is 7.36. The Morgan fingerprint density at radius 1 is 1.06 bits per heavy atom. The third-order valence-electron chi connectivity index (χ3n) is 4.86. The Morgan fingerprint density at radius 2 is 1.76 bits per heavy atom. The highest BCUT2D eigenvalue weighted by molar-refractivity contribution is 8.00. The van der Waals surface area contributed by atoms with Crippen molar-refractivity contribution < 1.29 is 22.8 Å². The maximum atomic E-state index is 13.2. The summed E-state index contributed by atoms with van der Waals surface area (Å²) in [6.07, 6.45) is -4.45. The molecular weight excluding hydrogens is 500 g/mol. The molecule has 0 aromatic heterocycles. The van der Waals surface area contributed by atoms with Crippen molar-refractivity contribution in [3.8, 4) is 11.5 Å². The van der Waals surface area contributed by atoms with Crippen LogP contribution in [-0.4, -0.2) is 4.92 Å². The smallest absolute Gasteiger partial charge is 0.416 e. The first-order valence-electron chi connectivity index (χ1n) is 9.41. The van der Waals surface area contributed by atoms with E-state index in [0.29, 0.717) is 27.5 Å². The molecule has 174 valence electrons. The molecule has 33 heavy (non-hydrogen) atoms. The van der Waals surface area contributed by atoms with Gasteiger partial charge in [0.05, 0.1) is 20.5 Å². The van der Waals surface area contributed by atoms with E-state index < -0.39 is 16.7 Å². The van der Waals surface area contributed by atoms with E-state index in [2.05, 4.69) is 4.72 Å². The van der Waals surface area contributed by atoms with E-state index in [1.165, 1.54) is 31.2 Å². The number of nitrogens with one attached hydrogen (secondary N) is 1. The third-order valence-corrected chi connectivity index (χ3v) is 6.57. The predicted octanol–water partition coefficient (Wildman–Crippen LogP) is 8.76. The second-order valence-corrected chi connectivity index (χ2v) is 8.75. The molecule has 0 unspecified atom stereocenters. The Labute approximate surface area is 202 Å². The van der Waals surface area contributed by atoms with Gasteiger partial charge in [0, 0.05) is 22.7 Å². The molecule has 0 amide bonds. The SMILES string of the molecule is Cc1cc([N+](=O)[O-])ccc1Oc1c(Cl)cc(SNc2cccc(C(F)(F)F)c2C)c(C)c1Cl. The molecule has 0 atom stereocenters. The summed E-state index contributed by atoms with van der Waals surface area (Å²) in [6.45, 7) is 4.77. The van der Waals surface area contributed by atoms with E-state index in [1.54, 1.807) is 26.0 Å². The average Bonchev–Trinajstić information content (AvgIpc) is 2.73. The van der Waals surface area contributed by atoms with Crippen LogP contribution in [0.3, 0.4) is 0 Å². The second-order valence-electron chi connectivity index (χ2n) is 7.11. The Balaban J connectivity index is 1.86. The second kappa shape index (κ2) is 9.70. The van der Waals surface area contributed by atoms with Crippen LogP contribution in [0.2, 0.25) is 10.0 Å². The molecule has 0 fully saturated rings. The number of benzene rings is 3. The Morgan fingerprint density at radius 3 is 2.36 bits per heavy atom. The number of halogens is 5. The van der Waals surface area contributed by atoms with Crippen molar-refractivity contribution in [3.63, 3.8) is 0 Å². The van der Waals surface area contributed by atoms with Gasteiger partial charge in [-0.25, -0.2) is 0 Å². The average molecular weight is 517 g/mol.